The zero-order valence-electron chi connectivity index (χ0n) is 14.3. The molecule has 1 heterocycles. The number of nitrogens with one attached hydrogen (secondary N) is 1. The smallest absolute Gasteiger partial charge is 0.321 e. The first-order chi connectivity index (χ1) is 10.9. The zero-order valence-corrected chi connectivity index (χ0v) is 15.1. The summed E-state index contributed by atoms with van der Waals surface area (Å²) in [5.74, 6) is 0. The Balaban J connectivity index is 2.00. The molecule has 23 heavy (non-hydrogen) atoms. The fourth-order valence-corrected chi connectivity index (χ4v) is 2.95. The highest BCUT2D eigenvalue weighted by Gasteiger charge is 2.12. The molecule has 0 atom stereocenters. The average Bonchev–Trinajstić information content (AvgIpc) is 2.91. The Labute approximate surface area is 141 Å². The number of aromatic nitrogens is 1. The largest absolute Gasteiger partial charge is 0.372 e. The molecule has 0 aliphatic heterocycles. The van der Waals surface area contributed by atoms with E-state index < -0.39 is 0 Å². The third-order valence-electron chi connectivity index (χ3n) is 3.69. The SMILES string of the molecule is Cc1ncc(CN(C)C(=O)Nc2cccc(N(C)C(C)C)c2)s1. The first kappa shape index (κ1) is 17.3. The number of aryl methyl sites for hydroxylation is 1. The molecule has 0 radical (unpaired) electrons. The minimum Gasteiger partial charge on any atom is -0.372 e. The van der Waals surface area contributed by atoms with Gasteiger partial charge in [0.25, 0.3) is 0 Å². The molecule has 5 nitrogen and oxygen atoms in total. The van der Waals surface area contributed by atoms with E-state index in [1.807, 2.05) is 44.4 Å². The summed E-state index contributed by atoms with van der Waals surface area (Å²) in [5.41, 5.74) is 1.88. The van der Waals surface area contributed by atoms with Gasteiger partial charge in [-0.15, -0.1) is 11.3 Å². The predicted octanol–water partition coefficient (Wildman–Crippen LogP) is 3.96. The summed E-state index contributed by atoms with van der Waals surface area (Å²) >= 11 is 1.61. The van der Waals surface area contributed by atoms with E-state index in [1.54, 1.807) is 23.3 Å². The van der Waals surface area contributed by atoms with Gasteiger partial charge in [0.1, 0.15) is 0 Å². The molecule has 0 spiro atoms. The van der Waals surface area contributed by atoms with Crippen molar-refractivity contribution >= 4 is 28.7 Å². The molecule has 1 aromatic carbocycles. The Morgan fingerprint density at radius 3 is 2.70 bits per heavy atom. The maximum absolute atomic E-state index is 12.3. The van der Waals surface area contributed by atoms with Crippen LogP contribution in [0, 0.1) is 6.92 Å². The van der Waals surface area contributed by atoms with Crippen LogP contribution in [0.1, 0.15) is 23.7 Å². The number of anilines is 2. The number of hydrogen-bond donors (Lipinski definition) is 1. The number of amides is 2. The normalized spacial score (nSPS) is 10.7. The molecule has 0 aliphatic carbocycles. The molecule has 1 N–H and O–H groups in total. The van der Waals surface area contributed by atoms with E-state index in [4.69, 9.17) is 0 Å². The van der Waals surface area contributed by atoms with E-state index in [9.17, 15) is 4.79 Å². The highest BCUT2D eigenvalue weighted by molar-refractivity contribution is 7.11. The lowest BCUT2D eigenvalue weighted by molar-refractivity contribution is 0.221. The predicted molar refractivity (Wildman–Crippen MR) is 97.3 cm³/mol. The van der Waals surface area contributed by atoms with Gasteiger partial charge < -0.3 is 15.1 Å². The van der Waals surface area contributed by atoms with E-state index in [2.05, 4.69) is 29.0 Å². The van der Waals surface area contributed by atoms with Gasteiger partial charge in [-0.25, -0.2) is 9.78 Å². The molecule has 1 aromatic heterocycles. The second-order valence-electron chi connectivity index (χ2n) is 5.89. The van der Waals surface area contributed by atoms with Gasteiger partial charge in [-0.3, -0.25) is 0 Å². The first-order valence-corrected chi connectivity index (χ1v) is 8.45. The highest BCUT2D eigenvalue weighted by atomic mass is 32.1. The van der Waals surface area contributed by atoms with Crippen LogP contribution < -0.4 is 10.2 Å². The molecular formula is C17H24N4OS. The lowest BCUT2D eigenvalue weighted by atomic mass is 10.2. The lowest BCUT2D eigenvalue weighted by Crippen LogP contribution is -2.30. The molecule has 2 amide bonds. The van der Waals surface area contributed by atoms with Crippen LogP contribution in [0.25, 0.3) is 0 Å². The molecular weight excluding hydrogens is 308 g/mol. The number of thiazole rings is 1. The second-order valence-corrected chi connectivity index (χ2v) is 7.21. The van der Waals surface area contributed by atoms with E-state index in [-0.39, 0.29) is 6.03 Å². The number of benzene rings is 1. The Morgan fingerprint density at radius 1 is 1.35 bits per heavy atom. The summed E-state index contributed by atoms with van der Waals surface area (Å²) < 4.78 is 0. The van der Waals surface area contributed by atoms with Crippen molar-refractivity contribution < 1.29 is 4.79 Å². The number of hydrogen-bond acceptors (Lipinski definition) is 4. The van der Waals surface area contributed by atoms with Crippen molar-refractivity contribution in [3.8, 4) is 0 Å². The molecule has 0 aliphatic rings. The van der Waals surface area contributed by atoms with E-state index in [0.717, 1.165) is 21.3 Å². The third kappa shape index (κ3) is 4.69. The van der Waals surface area contributed by atoms with Gasteiger partial charge in [-0.05, 0) is 39.0 Å². The minimum absolute atomic E-state index is 0.125. The monoisotopic (exact) mass is 332 g/mol. The fraction of sp³-hybridized carbons (Fsp3) is 0.412. The van der Waals surface area contributed by atoms with Crippen LogP contribution in [0.3, 0.4) is 0 Å². The van der Waals surface area contributed by atoms with Crippen LogP contribution in [-0.4, -0.2) is 36.1 Å². The van der Waals surface area contributed by atoms with E-state index in [1.165, 1.54) is 0 Å². The van der Waals surface area contributed by atoms with Gasteiger partial charge in [0.15, 0.2) is 0 Å². The van der Waals surface area contributed by atoms with Crippen molar-refractivity contribution in [3.05, 3.63) is 40.3 Å². The van der Waals surface area contributed by atoms with Crippen molar-refractivity contribution in [2.24, 2.45) is 0 Å². The van der Waals surface area contributed by atoms with Crippen LogP contribution >= 0.6 is 11.3 Å². The zero-order chi connectivity index (χ0) is 17.0. The van der Waals surface area contributed by atoms with E-state index >= 15 is 0 Å². The van der Waals surface area contributed by atoms with Crippen LogP contribution in [-0.2, 0) is 6.54 Å². The number of nitrogens with zero attached hydrogens (tertiary/aromatic N) is 3. The van der Waals surface area contributed by atoms with Gasteiger partial charge >= 0.3 is 6.03 Å². The van der Waals surface area contributed by atoms with Crippen molar-refractivity contribution in [1.82, 2.24) is 9.88 Å². The topological polar surface area (TPSA) is 48.5 Å². The number of carbonyl (C=O) groups excluding carboxylic acids is 1. The molecule has 2 rings (SSSR count). The van der Waals surface area contributed by atoms with Gasteiger partial charge in [0, 0.05) is 42.6 Å². The molecule has 0 bridgehead atoms. The summed E-state index contributed by atoms with van der Waals surface area (Å²) in [6.07, 6.45) is 1.82. The Morgan fingerprint density at radius 2 is 2.09 bits per heavy atom. The number of urea groups is 1. The third-order valence-corrected chi connectivity index (χ3v) is 4.59. The highest BCUT2D eigenvalue weighted by Crippen LogP contribution is 2.20. The van der Waals surface area contributed by atoms with Crippen LogP contribution in [0.5, 0.6) is 0 Å². The van der Waals surface area contributed by atoms with E-state index in [0.29, 0.717) is 12.6 Å². The fourth-order valence-electron chi connectivity index (χ4n) is 2.10. The summed E-state index contributed by atoms with van der Waals surface area (Å²) in [5, 5.41) is 3.96. The maximum atomic E-state index is 12.3. The Bertz CT molecular complexity index is 668. The summed E-state index contributed by atoms with van der Waals surface area (Å²) in [6, 6.07) is 8.16. The molecule has 6 heteroatoms. The number of carbonyl (C=O) groups is 1. The molecule has 124 valence electrons. The molecule has 0 saturated heterocycles. The number of rotatable bonds is 5. The summed E-state index contributed by atoms with van der Waals surface area (Å²) in [4.78, 5) is 21.4. The Hall–Kier alpha value is -2.08. The summed E-state index contributed by atoms with van der Waals surface area (Å²) in [6.45, 7) is 6.79. The van der Waals surface area contributed by atoms with Crippen molar-refractivity contribution in [2.75, 3.05) is 24.3 Å². The lowest BCUT2D eigenvalue weighted by Gasteiger charge is -2.24. The van der Waals surface area contributed by atoms with Gasteiger partial charge in [0.2, 0.25) is 0 Å². The van der Waals surface area contributed by atoms with Crippen LogP contribution in [0.15, 0.2) is 30.5 Å². The molecule has 0 saturated carbocycles. The standard InChI is InChI=1S/C17H24N4OS/c1-12(2)21(5)15-8-6-7-14(9-15)19-17(22)20(4)11-16-10-18-13(3)23-16/h6-10,12H,11H2,1-5H3,(H,19,22). The molecule has 0 fully saturated rings. The quantitative estimate of drug-likeness (QED) is 0.901. The minimum atomic E-state index is -0.125. The van der Waals surface area contributed by atoms with Gasteiger partial charge in [-0.1, -0.05) is 6.07 Å². The van der Waals surface area contributed by atoms with Gasteiger partial charge in [-0.2, -0.15) is 0 Å². The average molecular weight is 332 g/mol. The van der Waals surface area contributed by atoms with Crippen molar-refractivity contribution in [1.29, 1.82) is 0 Å². The molecule has 2 aromatic rings. The second kappa shape index (κ2) is 7.46. The van der Waals surface area contributed by atoms with Crippen molar-refractivity contribution in [3.63, 3.8) is 0 Å². The van der Waals surface area contributed by atoms with Crippen molar-refractivity contribution in [2.45, 2.75) is 33.4 Å². The Kier molecular flexibility index (Phi) is 5.60. The van der Waals surface area contributed by atoms with Crippen LogP contribution in [0.4, 0.5) is 16.2 Å². The van der Waals surface area contributed by atoms with Crippen LogP contribution in [0.2, 0.25) is 0 Å². The molecule has 0 unspecified atom stereocenters. The van der Waals surface area contributed by atoms with Gasteiger partial charge in [0.05, 0.1) is 11.6 Å². The summed E-state index contributed by atoms with van der Waals surface area (Å²) in [7, 11) is 3.83. The first-order valence-electron chi connectivity index (χ1n) is 7.63. The maximum Gasteiger partial charge on any atom is 0.321 e.